The maximum Gasteiger partial charge on any atom is 0.224 e. The molecule has 0 unspecified atom stereocenters. The zero-order valence-corrected chi connectivity index (χ0v) is 15.2. The van der Waals surface area contributed by atoms with Crippen molar-refractivity contribution >= 4 is 11.8 Å². The summed E-state index contributed by atoms with van der Waals surface area (Å²) in [4.78, 5) is 13.5. The van der Waals surface area contributed by atoms with Crippen LogP contribution in [0.5, 0.6) is 5.88 Å². The first kappa shape index (κ1) is 17.4. The molecule has 0 spiro atoms. The monoisotopic (exact) mass is 343 g/mol. The standard InChI is InChI=1S/C18H25N5O2/c1-11-7-12(2)21-17(24-4)14(11)9-20-16-8-15(13-5-6-25-10-13)22-18(19-3)23-16/h7-8,13H,5-6,9-10H2,1-4H3,(H2,19,20,22,23)/t13-/m0/s1. The first-order chi connectivity index (χ1) is 12.1. The van der Waals surface area contributed by atoms with Gasteiger partial charge < -0.3 is 20.1 Å². The van der Waals surface area contributed by atoms with Crippen molar-refractivity contribution in [3.05, 3.63) is 34.6 Å². The van der Waals surface area contributed by atoms with E-state index in [1.165, 1.54) is 0 Å². The summed E-state index contributed by atoms with van der Waals surface area (Å²) in [5.41, 5.74) is 4.12. The molecule has 25 heavy (non-hydrogen) atoms. The van der Waals surface area contributed by atoms with Gasteiger partial charge in [-0.25, -0.2) is 9.97 Å². The summed E-state index contributed by atoms with van der Waals surface area (Å²) >= 11 is 0. The van der Waals surface area contributed by atoms with Gasteiger partial charge in [0.25, 0.3) is 0 Å². The van der Waals surface area contributed by atoms with Crippen LogP contribution in [0.1, 0.15) is 34.9 Å². The van der Waals surface area contributed by atoms with E-state index in [1.807, 2.05) is 20.0 Å². The van der Waals surface area contributed by atoms with Crippen molar-refractivity contribution in [3.63, 3.8) is 0 Å². The van der Waals surface area contributed by atoms with E-state index in [0.29, 0.717) is 30.9 Å². The number of aryl methyl sites for hydroxylation is 2. The minimum Gasteiger partial charge on any atom is -0.481 e. The Morgan fingerprint density at radius 2 is 2.08 bits per heavy atom. The van der Waals surface area contributed by atoms with Crippen molar-refractivity contribution in [1.29, 1.82) is 0 Å². The van der Waals surface area contributed by atoms with E-state index in [9.17, 15) is 0 Å². The van der Waals surface area contributed by atoms with Crippen LogP contribution in [0.3, 0.4) is 0 Å². The number of rotatable bonds is 6. The maximum absolute atomic E-state index is 5.49. The molecule has 0 amide bonds. The van der Waals surface area contributed by atoms with Crippen LogP contribution in [-0.2, 0) is 11.3 Å². The maximum atomic E-state index is 5.49. The molecule has 0 aromatic carbocycles. The molecule has 2 aromatic rings. The second-order valence-corrected chi connectivity index (χ2v) is 6.23. The zero-order valence-electron chi connectivity index (χ0n) is 15.2. The van der Waals surface area contributed by atoms with Crippen LogP contribution in [0.25, 0.3) is 0 Å². The molecule has 7 heteroatoms. The van der Waals surface area contributed by atoms with Gasteiger partial charge in [0.1, 0.15) is 5.82 Å². The van der Waals surface area contributed by atoms with Gasteiger partial charge in [0.2, 0.25) is 11.8 Å². The number of nitrogens with zero attached hydrogens (tertiary/aromatic N) is 3. The Morgan fingerprint density at radius 1 is 1.24 bits per heavy atom. The Hall–Kier alpha value is -2.41. The molecule has 1 fully saturated rings. The molecule has 7 nitrogen and oxygen atoms in total. The normalized spacial score (nSPS) is 16.7. The average Bonchev–Trinajstić information content (AvgIpc) is 3.14. The van der Waals surface area contributed by atoms with Crippen molar-refractivity contribution in [1.82, 2.24) is 15.0 Å². The van der Waals surface area contributed by atoms with Crippen molar-refractivity contribution in [2.75, 3.05) is 38.0 Å². The molecule has 2 aromatic heterocycles. The number of nitrogens with one attached hydrogen (secondary N) is 2. The molecule has 1 saturated heterocycles. The molecule has 0 bridgehead atoms. The minimum absolute atomic E-state index is 0.327. The van der Waals surface area contributed by atoms with E-state index in [0.717, 1.165) is 41.4 Å². The Labute approximate surface area is 148 Å². The third kappa shape index (κ3) is 3.99. The van der Waals surface area contributed by atoms with Gasteiger partial charge in [-0.05, 0) is 31.9 Å². The lowest BCUT2D eigenvalue weighted by molar-refractivity contribution is 0.193. The second-order valence-electron chi connectivity index (χ2n) is 6.23. The van der Waals surface area contributed by atoms with Crippen LogP contribution in [-0.4, -0.2) is 42.3 Å². The highest BCUT2D eigenvalue weighted by molar-refractivity contribution is 5.45. The molecule has 0 saturated carbocycles. The van der Waals surface area contributed by atoms with Gasteiger partial charge in [-0.15, -0.1) is 0 Å². The number of ether oxygens (including phenoxy) is 2. The average molecular weight is 343 g/mol. The molecule has 134 valence electrons. The number of aromatic nitrogens is 3. The third-order valence-electron chi connectivity index (χ3n) is 4.39. The molecule has 0 radical (unpaired) electrons. The van der Waals surface area contributed by atoms with Crippen LogP contribution < -0.4 is 15.4 Å². The number of anilines is 2. The highest BCUT2D eigenvalue weighted by Crippen LogP contribution is 2.27. The van der Waals surface area contributed by atoms with Gasteiger partial charge in [-0.2, -0.15) is 4.98 Å². The van der Waals surface area contributed by atoms with Crippen LogP contribution in [0.15, 0.2) is 12.1 Å². The number of hydrogen-bond acceptors (Lipinski definition) is 7. The fourth-order valence-electron chi connectivity index (χ4n) is 3.04. The molecule has 1 aliphatic rings. The lowest BCUT2D eigenvalue weighted by Crippen LogP contribution is -2.11. The van der Waals surface area contributed by atoms with E-state index in [4.69, 9.17) is 9.47 Å². The largest absolute Gasteiger partial charge is 0.481 e. The summed E-state index contributed by atoms with van der Waals surface area (Å²) in [6.07, 6.45) is 0.994. The topological polar surface area (TPSA) is 81.2 Å². The Balaban J connectivity index is 1.82. The fourth-order valence-corrected chi connectivity index (χ4v) is 3.04. The Morgan fingerprint density at radius 3 is 2.76 bits per heavy atom. The van der Waals surface area contributed by atoms with Crippen molar-refractivity contribution in [2.45, 2.75) is 32.7 Å². The minimum atomic E-state index is 0.327. The van der Waals surface area contributed by atoms with Gasteiger partial charge >= 0.3 is 0 Å². The summed E-state index contributed by atoms with van der Waals surface area (Å²) in [7, 11) is 3.47. The van der Waals surface area contributed by atoms with Crippen LogP contribution in [0.2, 0.25) is 0 Å². The summed E-state index contributed by atoms with van der Waals surface area (Å²) in [5, 5.41) is 6.41. The van der Waals surface area contributed by atoms with E-state index in [2.05, 4.69) is 38.6 Å². The summed E-state index contributed by atoms with van der Waals surface area (Å²) in [6, 6.07) is 4.06. The quantitative estimate of drug-likeness (QED) is 0.834. The zero-order chi connectivity index (χ0) is 17.8. The second kappa shape index (κ2) is 7.65. The molecule has 1 atom stereocenters. The molecule has 3 rings (SSSR count). The summed E-state index contributed by atoms with van der Waals surface area (Å²) in [5.74, 6) is 2.37. The van der Waals surface area contributed by atoms with E-state index < -0.39 is 0 Å². The van der Waals surface area contributed by atoms with Crippen molar-refractivity contribution in [2.24, 2.45) is 0 Å². The van der Waals surface area contributed by atoms with E-state index in [1.54, 1.807) is 7.11 Å². The molecule has 0 aliphatic carbocycles. The number of pyridine rings is 1. The molecular weight excluding hydrogens is 318 g/mol. The number of hydrogen-bond donors (Lipinski definition) is 2. The predicted octanol–water partition coefficient (Wildman–Crippen LogP) is 2.65. The first-order valence-corrected chi connectivity index (χ1v) is 8.50. The van der Waals surface area contributed by atoms with Gasteiger partial charge in [-0.1, -0.05) is 0 Å². The Bertz CT molecular complexity index is 744. The Kier molecular flexibility index (Phi) is 5.33. The SMILES string of the molecule is CNc1nc(NCc2c(C)cc(C)nc2OC)cc([C@H]2CCOC2)n1. The molecule has 3 heterocycles. The molecular formula is C18H25N5O2. The summed E-state index contributed by atoms with van der Waals surface area (Å²) < 4.78 is 10.9. The van der Waals surface area contributed by atoms with E-state index in [-0.39, 0.29) is 0 Å². The molecule has 1 aliphatic heterocycles. The number of methoxy groups -OCH3 is 1. The van der Waals surface area contributed by atoms with Crippen molar-refractivity contribution < 1.29 is 9.47 Å². The van der Waals surface area contributed by atoms with Gasteiger partial charge in [-0.3, -0.25) is 0 Å². The lowest BCUT2D eigenvalue weighted by atomic mass is 10.0. The highest BCUT2D eigenvalue weighted by atomic mass is 16.5. The smallest absolute Gasteiger partial charge is 0.224 e. The van der Waals surface area contributed by atoms with Gasteiger partial charge in [0, 0.05) is 43.4 Å². The first-order valence-electron chi connectivity index (χ1n) is 8.50. The predicted molar refractivity (Wildman–Crippen MR) is 97.3 cm³/mol. The van der Waals surface area contributed by atoms with Crippen LogP contribution in [0, 0.1) is 13.8 Å². The fraction of sp³-hybridized carbons (Fsp3) is 0.500. The van der Waals surface area contributed by atoms with Crippen LogP contribution in [0.4, 0.5) is 11.8 Å². The van der Waals surface area contributed by atoms with E-state index >= 15 is 0 Å². The van der Waals surface area contributed by atoms with Crippen molar-refractivity contribution in [3.8, 4) is 5.88 Å². The van der Waals surface area contributed by atoms with Crippen LogP contribution >= 0.6 is 0 Å². The highest BCUT2D eigenvalue weighted by Gasteiger charge is 2.21. The third-order valence-corrected chi connectivity index (χ3v) is 4.39. The van der Waals surface area contributed by atoms with Gasteiger partial charge in [0.15, 0.2) is 0 Å². The summed E-state index contributed by atoms with van der Waals surface area (Å²) in [6.45, 7) is 6.12. The van der Waals surface area contributed by atoms with Gasteiger partial charge in [0.05, 0.1) is 19.4 Å². The lowest BCUT2D eigenvalue weighted by Gasteiger charge is -2.15. The molecule has 2 N–H and O–H groups in total.